The summed E-state index contributed by atoms with van der Waals surface area (Å²) in [4.78, 5) is 22.2. The number of carbonyl (C=O) groups is 1. The molecule has 200 valence electrons. The van der Waals surface area contributed by atoms with Crippen LogP contribution in [0.15, 0.2) is 54.7 Å². The Morgan fingerprint density at radius 2 is 1.89 bits per heavy atom. The lowest BCUT2D eigenvalue weighted by atomic mass is 9.74. The van der Waals surface area contributed by atoms with Crippen LogP contribution < -0.4 is 10.2 Å². The fourth-order valence-electron chi connectivity index (χ4n) is 5.16. The molecule has 2 aliphatic rings. The number of thiazole rings is 1. The van der Waals surface area contributed by atoms with E-state index in [2.05, 4.69) is 10.3 Å². The molecule has 0 atom stereocenters. The van der Waals surface area contributed by atoms with E-state index in [0.29, 0.717) is 53.2 Å². The molecule has 3 heterocycles. The van der Waals surface area contributed by atoms with Gasteiger partial charge in [-0.1, -0.05) is 47.5 Å². The normalized spacial score (nSPS) is 16.8. The van der Waals surface area contributed by atoms with Crippen molar-refractivity contribution in [3.63, 3.8) is 0 Å². The second-order valence-corrected chi connectivity index (χ2v) is 11.7. The number of nitrogens with zero attached hydrogens (tertiary/aromatic N) is 3. The van der Waals surface area contributed by atoms with E-state index in [1.54, 1.807) is 28.1 Å². The van der Waals surface area contributed by atoms with Gasteiger partial charge in [0.2, 0.25) is 0 Å². The first-order valence-corrected chi connectivity index (χ1v) is 13.7. The lowest BCUT2D eigenvalue weighted by Gasteiger charge is -2.35. The van der Waals surface area contributed by atoms with Gasteiger partial charge in [0.25, 0.3) is 0 Å². The molecular weight excluding hydrogens is 556 g/mol. The molecule has 1 N–H and O–H groups in total. The number of halogens is 5. The Labute approximate surface area is 232 Å². The molecule has 1 saturated heterocycles. The van der Waals surface area contributed by atoms with E-state index in [1.165, 1.54) is 23.5 Å². The van der Waals surface area contributed by atoms with Crippen molar-refractivity contribution in [2.45, 2.75) is 31.0 Å². The summed E-state index contributed by atoms with van der Waals surface area (Å²) in [6.45, 7) is 2.27. The van der Waals surface area contributed by atoms with E-state index in [1.807, 2.05) is 24.3 Å². The van der Waals surface area contributed by atoms with Gasteiger partial charge in [-0.3, -0.25) is 4.90 Å². The van der Waals surface area contributed by atoms with Gasteiger partial charge in [-0.15, -0.1) is 11.3 Å². The number of fused-ring (bicyclic) bond motifs is 2. The second-order valence-electron chi connectivity index (χ2n) is 9.54. The second kappa shape index (κ2) is 10.9. The van der Waals surface area contributed by atoms with Crippen molar-refractivity contribution in [3.8, 4) is 0 Å². The molecule has 2 aromatic carbocycles. The van der Waals surface area contributed by atoms with Crippen molar-refractivity contribution in [1.29, 1.82) is 0 Å². The predicted octanol–water partition coefficient (Wildman–Crippen LogP) is 7.25. The molecule has 0 radical (unpaired) electrons. The topological polar surface area (TPSA) is 48.5 Å². The highest BCUT2D eigenvalue weighted by Gasteiger charge is 2.47. The number of alkyl halides is 3. The molecule has 11 heteroatoms. The van der Waals surface area contributed by atoms with Gasteiger partial charge in [-0.05, 0) is 67.4 Å². The highest BCUT2D eigenvalue weighted by Crippen LogP contribution is 2.48. The Balaban J connectivity index is 1.46. The lowest BCUT2D eigenvalue weighted by Crippen LogP contribution is -2.47. The molecule has 0 saturated carbocycles. The summed E-state index contributed by atoms with van der Waals surface area (Å²) in [7, 11) is 0. The molecule has 0 aliphatic carbocycles. The Morgan fingerprint density at radius 1 is 1.16 bits per heavy atom. The lowest BCUT2D eigenvalue weighted by molar-refractivity contribution is -0.137. The van der Waals surface area contributed by atoms with Gasteiger partial charge in [0.05, 0.1) is 12.1 Å². The van der Waals surface area contributed by atoms with Crippen LogP contribution in [0.1, 0.15) is 34.4 Å². The molecule has 5 nitrogen and oxygen atoms in total. The average molecular weight is 581 g/mol. The van der Waals surface area contributed by atoms with Gasteiger partial charge in [0, 0.05) is 40.3 Å². The van der Waals surface area contributed by atoms with Crippen LogP contribution in [0.25, 0.3) is 6.08 Å². The molecule has 1 aromatic heterocycles. The number of amides is 2. The van der Waals surface area contributed by atoms with Crippen molar-refractivity contribution < 1.29 is 18.0 Å². The van der Waals surface area contributed by atoms with Gasteiger partial charge < -0.3 is 10.2 Å². The minimum Gasteiger partial charge on any atom is -0.317 e. The van der Waals surface area contributed by atoms with Crippen LogP contribution in [-0.2, 0) is 18.1 Å². The van der Waals surface area contributed by atoms with Crippen molar-refractivity contribution >= 4 is 52.3 Å². The number of hydrogen-bond acceptors (Lipinski definition) is 4. The SMILES string of the molecule is O=C(N(CC=Cc1ccc(Cl)cc1)Cc1cnc(Cl)s1)N1CC2(CCNCC2)c2cc(C(F)(F)F)ccc21. The van der Waals surface area contributed by atoms with E-state index in [9.17, 15) is 18.0 Å². The Kier molecular flexibility index (Phi) is 7.73. The van der Waals surface area contributed by atoms with Crippen LogP contribution in [0, 0.1) is 0 Å². The van der Waals surface area contributed by atoms with Gasteiger partial charge in [0.15, 0.2) is 4.47 Å². The third-order valence-corrected chi connectivity index (χ3v) is 8.44. The number of aromatic nitrogens is 1. The summed E-state index contributed by atoms with van der Waals surface area (Å²) in [5, 5.41) is 3.92. The van der Waals surface area contributed by atoms with Crippen molar-refractivity contribution in [3.05, 3.63) is 85.8 Å². The van der Waals surface area contributed by atoms with Gasteiger partial charge in [-0.2, -0.15) is 13.2 Å². The highest BCUT2D eigenvalue weighted by atomic mass is 35.5. The molecular formula is C27H25Cl2F3N4OS. The first kappa shape index (κ1) is 27.0. The number of nitrogens with one attached hydrogen (secondary N) is 1. The molecule has 0 bridgehead atoms. The Morgan fingerprint density at radius 3 is 2.55 bits per heavy atom. The molecule has 3 aromatic rings. The van der Waals surface area contributed by atoms with Crippen molar-refractivity contribution in [2.75, 3.05) is 31.1 Å². The molecule has 0 unspecified atom stereocenters. The van der Waals surface area contributed by atoms with Crippen LogP contribution in [0.5, 0.6) is 0 Å². The molecule has 2 aliphatic heterocycles. The number of benzene rings is 2. The van der Waals surface area contributed by atoms with E-state index in [-0.39, 0.29) is 19.1 Å². The number of urea groups is 1. The highest BCUT2D eigenvalue weighted by molar-refractivity contribution is 7.15. The summed E-state index contributed by atoms with van der Waals surface area (Å²) >= 11 is 13.3. The smallest absolute Gasteiger partial charge is 0.317 e. The fourth-order valence-corrected chi connectivity index (χ4v) is 6.28. The minimum absolute atomic E-state index is 0.272. The van der Waals surface area contributed by atoms with Crippen LogP contribution in [0.2, 0.25) is 9.49 Å². The zero-order chi connectivity index (χ0) is 26.9. The zero-order valence-electron chi connectivity index (χ0n) is 20.3. The number of anilines is 1. The van der Waals surface area contributed by atoms with Crippen LogP contribution >= 0.6 is 34.5 Å². The minimum atomic E-state index is -4.45. The van der Waals surface area contributed by atoms with Gasteiger partial charge in [0.1, 0.15) is 0 Å². The summed E-state index contributed by atoms with van der Waals surface area (Å²) < 4.78 is 41.2. The number of hydrogen-bond donors (Lipinski definition) is 1. The summed E-state index contributed by atoms with van der Waals surface area (Å²) in [6, 6.07) is 10.8. The Hall–Kier alpha value is -2.59. The number of piperidine rings is 1. The summed E-state index contributed by atoms with van der Waals surface area (Å²) in [5.41, 5.74) is 0.863. The molecule has 2 amide bonds. The van der Waals surface area contributed by atoms with Crippen LogP contribution in [0.3, 0.4) is 0 Å². The monoisotopic (exact) mass is 580 g/mol. The van der Waals surface area contributed by atoms with Gasteiger partial charge >= 0.3 is 12.2 Å². The van der Waals surface area contributed by atoms with E-state index in [0.717, 1.165) is 16.5 Å². The summed E-state index contributed by atoms with van der Waals surface area (Å²) in [5.74, 6) is 0. The number of rotatable bonds is 5. The van der Waals surface area contributed by atoms with Crippen LogP contribution in [0.4, 0.5) is 23.7 Å². The third-order valence-electron chi connectivity index (χ3n) is 7.09. The standard InChI is InChI=1S/C27H25Cl2F3N4OS/c28-20-6-3-18(4-7-20)2-1-13-35(16-21-15-34-24(29)38-21)25(37)36-17-26(9-11-33-12-10-26)22-14-19(27(30,31)32)5-8-23(22)36/h1-8,14-15,33H,9-13,16-17H2. The van der Waals surface area contributed by atoms with E-state index in [4.69, 9.17) is 23.2 Å². The quantitative estimate of drug-likeness (QED) is 0.346. The van der Waals surface area contributed by atoms with Crippen LogP contribution in [-0.4, -0.2) is 42.1 Å². The van der Waals surface area contributed by atoms with E-state index >= 15 is 0 Å². The van der Waals surface area contributed by atoms with Crippen molar-refractivity contribution in [2.24, 2.45) is 0 Å². The number of carbonyl (C=O) groups excluding carboxylic acids is 1. The maximum Gasteiger partial charge on any atom is 0.416 e. The molecule has 1 fully saturated rings. The fraction of sp³-hybridized carbons (Fsp3) is 0.333. The third kappa shape index (κ3) is 5.71. The first-order valence-electron chi connectivity index (χ1n) is 12.2. The molecule has 5 rings (SSSR count). The zero-order valence-corrected chi connectivity index (χ0v) is 22.6. The largest absolute Gasteiger partial charge is 0.416 e. The van der Waals surface area contributed by atoms with Crippen molar-refractivity contribution in [1.82, 2.24) is 15.2 Å². The Bertz CT molecular complexity index is 1340. The predicted molar refractivity (Wildman–Crippen MR) is 146 cm³/mol. The maximum atomic E-state index is 14.0. The maximum absolute atomic E-state index is 14.0. The average Bonchev–Trinajstić information content (AvgIpc) is 3.44. The molecule has 38 heavy (non-hydrogen) atoms. The first-order chi connectivity index (χ1) is 18.1. The van der Waals surface area contributed by atoms with Gasteiger partial charge in [-0.25, -0.2) is 9.78 Å². The molecule has 1 spiro atoms. The van der Waals surface area contributed by atoms with E-state index < -0.39 is 17.2 Å². The summed E-state index contributed by atoms with van der Waals surface area (Å²) in [6.07, 6.45) is 2.28.